The lowest BCUT2D eigenvalue weighted by molar-refractivity contribution is -0.123. The second kappa shape index (κ2) is 3.25. The molecular formula is C7H12OS. The van der Waals surface area contributed by atoms with Gasteiger partial charge in [0, 0.05) is 12.3 Å². The first kappa shape index (κ1) is 7.13. The lowest BCUT2D eigenvalue weighted by Gasteiger charge is -2.17. The summed E-state index contributed by atoms with van der Waals surface area (Å²) in [5, 5.41) is 0. The molecule has 1 aliphatic rings. The fourth-order valence-corrected chi connectivity index (χ4v) is 1.63. The Morgan fingerprint density at radius 2 is 2.33 bits per heavy atom. The number of Topliss-reactive ketones (excluding diaryl/α,β-unsaturated/α-hetero) is 1. The van der Waals surface area contributed by atoms with Crippen molar-refractivity contribution in [1.29, 1.82) is 0 Å². The number of hydrogen-bond acceptors (Lipinski definition) is 2. The number of thiol groups is 1. The minimum Gasteiger partial charge on any atom is -0.299 e. The minimum atomic E-state index is 0.280. The highest BCUT2D eigenvalue weighted by Crippen LogP contribution is 2.20. The van der Waals surface area contributed by atoms with Gasteiger partial charge in [0.2, 0.25) is 0 Å². The minimum absolute atomic E-state index is 0.280. The van der Waals surface area contributed by atoms with E-state index in [0.717, 1.165) is 25.0 Å². The lowest BCUT2D eigenvalue weighted by Crippen LogP contribution is -2.19. The molecule has 0 spiro atoms. The Labute approximate surface area is 61.2 Å². The topological polar surface area (TPSA) is 17.1 Å². The maximum Gasteiger partial charge on any atom is 0.136 e. The molecule has 2 heteroatoms. The molecule has 9 heavy (non-hydrogen) atoms. The van der Waals surface area contributed by atoms with Crippen molar-refractivity contribution in [3.8, 4) is 0 Å². The van der Waals surface area contributed by atoms with Crippen molar-refractivity contribution in [1.82, 2.24) is 0 Å². The Balaban J connectivity index is 2.39. The molecule has 1 saturated carbocycles. The zero-order valence-electron chi connectivity index (χ0n) is 5.47. The summed E-state index contributed by atoms with van der Waals surface area (Å²) < 4.78 is 0. The molecular weight excluding hydrogens is 132 g/mol. The maximum atomic E-state index is 11.0. The van der Waals surface area contributed by atoms with Gasteiger partial charge in [-0.2, -0.15) is 12.6 Å². The molecule has 0 aromatic rings. The Hall–Kier alpha value is 0.0200. The van der Waals surface area contributed by atoms with E-state index in [1.165, 1.54) is 6.42 Å². The average molecular weight is 144 g/mol. The molecule has 0 N–H and O–H groups in total. The van der Waals surface area contributed by atoms with Crippen LogP contribution >= 0.6 is 12.6 Å². The van der Waals surface area contributed by atoms with E-state index in [0.29, 0.717) is 5.78 Å². The van der Waals surface area contributed by atoms with Crippen LogP contribution in [0.4, 0.5) is 0 Å². The number of carbonyl (C=O) groups is 1. The summed E-state index contributed by atoms with van der Waals surface area (Å²) in [6.07, 6.45) is 4.19. The molecule has 1 unspecified atom stereocenters. The summed E-state index contributed by atoms with van der Waals surface area (Å²) >= 11 is 4.10. The highest BCUT2D eigenvalue weighted by Gasteiger charge is 2.19. The predicted molar refractivity (Wildman–Crippen MR) is 40.8 cm³/mol. The lowest BCUT2D eigenvalue weighted by atomic mass is 9.89. The number of carbonyl (C=O) groups excluding carboxylic acids is 1. The Morgan fingerprint density at radius 3 is 2.78 bits per heavy atom. The second-order valence-electron chi connectivity index (χ2n) is 2.59. The van der Waals surface area contributed by atoms with Crippen LogP contribution in [-0.4, -0.2) is 11.5 Å². The van der Waals surface area contributed by atoms with Gasteiger partial charge in [-0.05, 0) is 18.6 Å². The van der Waals surface area contributed by atoms with Gasteiger partial charge in [0.25, 0.3) is 0 Å². The standard InChI is InChI=1S/C7H12OS/c8-7-4-2-1-3-6(7)5-9/h6,9H,1-5H2. The SMILES string of the molecule is O=C1CCCCC1CS. The van der Waals surface area contributed by atoms with E-state index in [2.05, 4.69) is 12.6 Å². The smallest absolute Gasteiger partial charge is 0.136 e. The molecule has 0 aliphatic heterocycles. The van der Waals surface area contributed by atoms with Gasteiger partial charge in [-0.15, -0.1) is 0 Å². The van der Waals surface area contributed by atoms with Crippen LogP contribution in [0.25, 0.3) is 0 Å². The van der Waals surface area contributed by atoms with Gasteiger partial charge < -0.3 is 0 Å². The molecule has 0 bridgehead atoms. The maximum absolute atomic E-state index is 11.0. The first-order valence-electron chi connectivity index (χ1n) is 3.48. The summed E-state index contributed by atoms with van der Waals surface area (Å²) in [7, 11) is 0. The van der Waals surface area contributed by atoms with Crippen LogP contribution in [0.3, 0.4) is 0 Å². The van der Waals surface area contributed by atoms with Gasteiger partial charge in [0.1, 0.15) is 5.78 Å². The van der Waals surface area contributed by atoms with Crippen molar-refractivity contribution in [3.05, 3.63) is 0 Å². The molecule has 0 amide bonds. The molecule has 0 aromatic carbocycles. The van der Waals surface area contributed by atoms with Crippen LogP contribution < -0.4 is 0 Å². The Morgan fingerprint density at radius 1 is 1.56 bits per heavy atom. The molecule has 52 valence electrons. The Kier molecular flexibility index (Phi) is 2.58. The van der Waals surface area contributed by atoms with Gasteiger partial charge in [0.05, 0.1) is 0 Å². The van der Waals surface area contributed by atoms with E-state index in [1.54, 1.807) is 0 Å². The third-order valence-electron chi connectivity index (χ3n) is 1.90. The third kappa shape index (κ3) is 1.71. The van der Waals surface area contributed by atoms with E-state index in [4.69, 9.17) is 0 Å². The molecule has 1 nitrogen and oxygen atoms in total. The van der Waals surface area contributed by atoms with Crippen LogP contribution in [0.1, 0.15) is 25.7 Å². The molecule has 1 atom stereocenters. The van der Waals surface area contributed by atoms with Crippen LogP contribution in [0.15, 0.2) is 0 Å². The van der Waals surface area contributed by atoms with E-state index in [-0.39, 0.29) is 5.92 Å². The summed E-state index contributed by atoms with van der Waals surface area (Å²) in [6.45, 7) is 0. The van der Waals surface area contributed by atoms with Crippen molar-refractivity contribution in [2.24, 2.45) is 5.92 Å². The summed E-state index contributed by atoms with van der Waals surface area (Å²) in [6, 6.07) is 0. The average Bonchev–Trinajstić information content (AvgIpc) is 1.89. The van der Waals surface area contributed by atoms with Crippen molar-refractivity contribution < 1.29 is 4.79 Å². The van der Waals surface area contributed by atoms with Crippen LogP contribution in [-0.2, 0) is 4.79 Å². The largest absolute Gasteiger partial charge is 0.299 e. The van der Waals surface area contributed by atoms with Crippen molar-refractivity contribution in [3.63, 3.8) is 0 Å². The van der Waals surface area contributed by atoms with Crippen molar-refractivity contribution in [2.75, 3.05) is 5.75 Å². The first-order chi connectivity index (χ1) is 4.34. The fraction of sp³-hybridized carbons (Fsp3) is 0.857. The molecule has 1 aliphatic carbocycles. The first-order valence-corrected chi connectivity index (χ1v) is 4.11. The summed E-state index contributed by atoms with van der Waals surface area (Å²) in [4.78, 5) is 11.0. The van der Waals surface area contributed by atoms with E-state index in [1.807, 2.05) is 0 Å². The van der Waals surface area contributed by atoms with Gasteiger partial charge in [0.15, 0.2) is 0 Å². The molecule has 0 radical (unpaired) electrons. The van der Waals surface area contributed by atoms with Gasteiger partial charge in [-0.1, -0.05) is 6.42 Å². The zero-order chi connectivity index (χ0) is 6.69. The molecule has 0 saturated heterocycles. The van der Waals surface area contributed by atoms with E-state index >= 15 is 0 Å². The van der Waals surface area contributed by atoms with Crippen molar-refractivity contribution in [2.45, 2.75) is 25.7 Å². The zero-order valence-corrected chi connectivity index (χ0v) is 6.36. The normalized spacial score (nSPS) is 28.6. The summed E-state index contributed by atoms with van der Waals surface area (Å²) in [5.74, 6) is 1.46. The monoisotopic (exact) mass is 144 g/mol. The molecule has 1 rings (SSSR count). The summed E-state index contributed by atoms with van der Waals surface area (Å²) in [5.41, 5.74) is 0. The fourth-order valence-electron chi connectivity index (χ4n) is 1.25. The number of hydrogen-bond donors (Lipinski definition) is 1. The molecule has 0 aromatic heterocycles. The Bertz CT molecular complexity index is 111. The molecule has 1 fully saturated rings. The van der Waals surface area contributed by atoms with Gasteiger partial charge in [-0.3, -0.25) is 4.79 Å². The van der Waals surface area contributed by atoms with Crippen LogP contribution in [0.2, 0.25) is 0 Å². The van der Waals surface area contributed by atoms with Gasteiger partial charge >= 0.3 is 0 Å². The highest BCUT2D eigenvalue weighted by molar-refractivity contribution is 7.80. The highest BCUT2D eigenvalue weighted by atomic mass is 32.1. The van der Waals surface area contributed by atoms with E-state index < -0.39 is 0 Å². The van der Waals surface area contributed by atoms with E-state index in [9.17, 15) is 4.79 Å². The third-order valence-corrected chi connectivity index (χ3v) is 2.34. The second-order valence-corrected chi connectivity index (χ2v) is 2.96. The molecule has 0 heterocycles. The van der Waals surface area contributed by atoms with Gasteiger partial charge in [-0.25, -0.2) is 0 Å². The number of ketones is 1. The predicted octanol–water partition coefficient (Wildman–Crippen LogP) is 1.68. The van der Waals surface area contributed by atoms with Crippen molar-refractivity contribution >= 4 is 18.4 Å². The number of rotatable bonds is 1. The quantitative estimate of drug-likeness (QED) is 0.554. The van der Waals surface area contributed by atoms with Crippen LogP contribution in [0.5, 0.6) is 0 Å². The van der Waals surface area contributed by atoms with Crippen LogP contribution in [0, 0.1) is 5.92 Å².